The molecule has 0 bridgehead atoms. The Bertz CT molecular complexity index is 941. The minimum Gasteiger partial charge on any atom is -0.512 e. The molecular weight excluding hydrogens is 544 g/mol. The number of carbonyl (C=O) groups excluding carboxylic acids is 1. The van der Waals surface area contributed by atoms with E-state index in [1.54, 1.807) is 24.7 Å². The summed E-state index contributed by atoms with van der Waals surface area (Å²) in [6.07, 6.45) is 6.34. The van der Waals surface area contributed by atoms with Gasteiger partial charge in [0.25, 0.3) is 0 Å². The number of allylic oxidation sites excluding steroid dienone is 2. The number of hydrogen-bond donors (Lipinski definition) is 1. The quantitative estimate of drug-likeness (QED) is 0.249. The first-order chi connectivity index (χ1) is 13.4. The number of aliphatic hydroxyl groups is 1. The first kappa shape index (κ1) is 24.5. The van der Waals surface area contributed by atoms with E-state index in [9.17, 15) is 9.90 Å². The Labute approximate surface area is 185 Å². The first-order valence-corrected chi connectivity index (χ1v) is 9.15. The number of pyridine rings is 2. The molecule has 2 heterocycles. The summed E-state index contributed by atoms with van der Waals surface area (Å²) in [4.78, 5) is 19.1. The van der Waals surface area contributed by atoms with Gasteiger partial charge in [0.2, 0.25) is 5.88 Å². The molecule has 1 radical (unpaired) electrons. The second-order valence-electron chi connectivity index (χ2n) is 6.86. The van der Waals surface area contributed by atoms with E-state index in [4.69, 9.17) is 4.74 Å². The van der Waals surface area contributed by atoms with Crippen molar-refractivity contribution in [2.45, 2.75) is 27.7 Å². The van der Waals surface area contributed by atoms with Crippen LogP contribution in [-0.4, -0.2) is 20.9 Å². The van der Waals surface area contributed by atoms with Gasteiger partial charge < -0.3 is 14.8 Å². The zero-order chi connectivity index (χ0) is 20.5. The van der Waals surface area contributed by atoms with Gasteiger partial charge in [-0.15, -0.1) is 0 Å². The number of hydrogen-bond acceptors (Lipinski definition) is 5. The van der Waals surface area contributed by atoms with E-state index in [-0.39, 0.29) is 43.5 Å². The molecule has 0 fully saturated rings. The third-order valence-corrected chi connectivity index (χ3v) is 3.86. The van der Waals surface area contributed by atoms with Gasteiger partial charge >= 0.3 is 0 Å². The van der Waals surface area contributed by atoms with Gasteiger partial charge in [0.15, 0.2) is 5.78 Å². The second-order valence-corrected chi connectivity index (χ2v) is 6.86. The van der Waals surface area contributed by atoms with Crippen molar-refractivity contribution < 1.29 is 34.7 Å². The predicted molar refractivity (Wildman–Crippen MR) is 110 cm³/mol. The third kappa shape index (κ3) is 8.14. The van der Waals surface area contributed by atoms with E-state index in [1.807, 2.05) is 58.0 Å². The van der Waals surface area contributed by atoms with E-state index in [0.717, 1.165) is 10.8 Å². The molecule has 6 heteroatoms. The molecule has 1 N–H and O–H groups in total. The summed E-state index contributed by atoms with van der Waals surface area (Å²) in [5.74, 6) is 1.34. The topological polar surface area (TPSA) is 72.3 Å². The Hall–Kier alpha value is -2.56. The van der Waals surface area contributed by atoms with Gasteiger partial charge in [-0.3, -0.25) is 4.79 Å². The number of ether oxygens (including phenoxy) is 1. The van der Waals surface area contributed by atoms with Crippen LogP contribution in [-0.2, 0) is 24.9 Å². The van der Waals surface area contributed by atoms with Crippen molar-refractivity contribution in [1.82, 2.24) is 9.97 Å². The molecule has 0 amide bonds. The van der Waals surface area contributed by atoms with Crippen molar-refractivity contribution in [3.8, 4) is 11.6 Å². The fourth-order valence-corrected chi connectivity index (χ4v) is 2.08. The zero-order valence-corrected chi connectivity index (χ0v) is 19.3. The monoisotopic (exact) mass is 570 g/mol. The average Bonchev–Trinajstić information content (AvgIpc) is 2.69. The van der Waals surface area contributed by atoms with Gasteiger partial charge in [-0.2, -0.15) is 12.1 Å². The van der Waals surface area contributed by atoms with Crippen molar-refractivity contribution in [3.63, 3.8) is 0 Å². The van der Waals surface area contributed by atoms with Gasteiger partial charge in [0.05, 0.1) is 5.76 Å². The summed E-state index contributed by atoms with van der Waals surface area (Å²) in [7, 11) is 0. The Morgan fingerprint density at radius 2 is 1.79 bits per heavy atom. The van der Waals surface area contributed by atoms with Crippen LogP contribution in [0.15, 0.2) is 66.8 Å². The molecule has 3 rings (SSSR count). The number of rotatable bonds is 5. The Balaban J connectivity index is 0.000000310. The number of ketones is 1. The first-order valence-electron chi connectivity index (χ1n) is 9.15. The molecule has 0 aliphatic heterocycles. The molecule has 0 unspecified atom stereocenters. The molecule has 0 spiro atoms. The third-order valence-electron chi connectivity index (χ3n) is 3.86. The van der Waals surface area contributed by atoms with Gasteiger partial charge in [-0.05, 0) is 11.1 Å². The van der Waals surface area contributed by atoms with Crippen molar-refractivity contribution in [2.24, 2.45) is 11.8 Å². The van der Waals surface area contributed by atoms with Crippen molar-refractivity contribution in [3.05, 3.63) is 72.9 Å². The molecule has 155 valence electrons. The summed E-state index contributed by atoms with van der Waals surface area (Å²) in [5.41, 5.74) is 0. The average molecular weight is 570 g/mol. The van der Waals surface area contributed by atoms with E-state index in [1.165, 1.54) is 6.08 Å². The molecule has 5 nitrogen and oxygen atoms in total. The maximum atomic E-state index is 11.0. The van der Waals surface area contributed by atoms with Crippen LogP contribution in [0.2, 0.25) is 0 Å². The second kappa shape index (κ2) is 12.1. The summed E-state index contributed by atoms with van der Waals surface area (Å²) in [5, 5.41) is 11.4. The van der Waals surface area contributed by atoms with Crippen LogP contribution in [0, 0.1) is 17.9 Å². The summed E-state index contributed by atoms with van der Waals surface area (Å²) in [6, 6.07) is 14.6. The fraction of sp³-hybridized carbons (Fsp3) is 0.261. The van der Waals surface area contributed by atoms with E-state index >= 15 is 0 Å². The zero-order valence-electron chi connectivity index (χ0n) is 16.9. The molecule has 0 atom stereocenters. The van der Waals surface area contributed by atoms with Crippen molar-refractivity contribution in [1.29, 1.82) is 0 Å². The van der Waals surface area contributed by atoms with E-state index in [0.29, 0.717) is 11.6 Å². The number of fused-ring (bicyclic) bond motifs is 1. The minimum atomic E-state index is -0.0316. The fourth-order valence-electron chi connectivity index (χ4n) is 2.08. The number of nitrogens with zero attached hydrogens (tertiary/aromatic N) is 2. The number of aliphatic hydroxyl groups excluding tert-OH is 1. The summed E-state index contributed by atoms with van der Waals surface area (Å²) < 4.78 is 5.58. The predicted octanol–water partition coefficient (Wildman–Crippen LogP) is 5.53. The van der Waals surface area contributed by atoms with E-state index in [2.05, 4.69) is 16.0 Å². The molecule has 3 aromatic rings. The molecule has 0 saturated carbocycles. The largest absolute Gasteiger partial charge is 0.512 e. The normalized spacial score (nSPS) is 10.9. The number of benzene rings is 1. The smallest absolute Gasteiger partial charge is 0.216 e. The van der Waals surface area contributed by atoms with Crippen molar-refractivity contribution >= 4 is 16.6 Å². The Morgan fingerprint density at radius 1 is 1.10 bits per heavy atom. The Morgan fingerprint density at radius 3 is 2.38 bits per heavy atom. The van der Waals surface area contributed by atoms with Gasteiger partial charge in [-0.25, -0.2) is 4.98 Å². The van der Waals surface area contributed by atoms with Crippen molar-refractivity contribution in [2.75, 3.05) is 0 Å². The SMILES string of the molecule is CC(C)C(=O)/C=C(\O)C(C)C.[Ir].[c-]1cnccc1Oc1cc2ccccc2cn1. The molecule has 0 aliphatic carbocycles. The molecular formula is C23H25IrN2O3-. The van der Waals surface area contributed by atoms with Crippen LogP contribution < -0.4 is 4.74 Å². The van der Waals surface area contributed by atoms with E-state index < -0.39 is 0 Å². The Kier molecular flexibility index (Phi) is 10.2. The van der Waals surface area contributed by atoms with Crippen LogP contribution in [0.5, 0.6) is 11.6 Å². The number of carbonyl (C=O) groups is 1. The maximum Gasteiger partial charge on any atom is 0.216 e. The number of aromatic nitrogens is 2. The molecule has 0 aliphatic rings. The molecule has 0 saturated heterocycles. The summed E-state index contributed by atoms with van der Waals surface area (Å²) in [6.45, 7) is 7.32. The maximum absolute atomic E-state index is 11.0. The van der Waals surface area contributed by atoms with Crippen LogP contribution in [0.3, 0.4) is 0 Å². The minimum absolute atomic E-state index is 0. The molecule has 29 heavy (non-hydrogen) atoms. The van der Waals surface area contributed by atoms with Gasteiger partial charge in [-0.1, -0.05) is 64.4 Å². The van der Waals surface area contributed by atoms with Gasteiger partial charge in [0, 0.05) is 55.7 Å². The molecule has 2 aromatic heterocycles. The summed E-state index contributed by atoms with van der Waals surface area (Å²) >= 11 is 0. The van der Waals surface area contributed by atoms with Crippen LogP contribution >= 0.6 is 0 Å². The van der Waals surface area contributed by atoms with Gasteiger partial charge in [0.1, 0.15) is 0 Å². The van der Waals surface area contributed by atoms with Crippen LogP contribution in [0.25, 0.3) is 10.8 Å². The molecule has 1 aromatic carbocycles. The van der Waals surface area contributed by atoms with Crippen LogP contribution in [0.4, 0.5) is 0 Å². The standard InChI is InChI=1S/C14H9N2O.C9H16O2.Ir/c1-2-4-12-10-16-14(9-11(12)3-1)17-13-5-7-15-8-6-13;1-6(2)8(10)5-9(11)7(3)4;/h1-5,7-10H;5-7,10H,1-4H3;/q-1;;/b;8-5-;. The van der Waals surface area contributed by atoms with Crippen LogP contribution in [0.1, 0.15) is 27.7 Å².